The summed E-state index contributed by atoms with van der Waals surface area (Å²) in [6, 6.07) is 9.60. The number of pyridine rings is 1. The van der Waals surface area contributed by atoms with E-state index in [1.54, 1.807) is 30.5 Å². The molecule has 1 aromatic carbocycles. The van der Waals surface area contributed by atoms with Gasteiger partial charge in [0.15, 0.2) is 0 Å². The van der Waals surface area contributed by atoms with E-state index in [0.717, 1.165) is 18.6 Å². The predicted octanol–water partition coefficient (Wildman–Crippen LogP) is 3.03. The molecule has 1 aromatic heterocycles. The second-order valence-electron chi connectivity index (χ2n) is 6.49. The van der Waals surface area contributed by atoms with Gasteiger partial charge in [-0.15, -0.1) is 0 Å². The highest BCUT2D eigenvalue weighted by Crippen LogP contribution is 2.29. The van der Waals surface area contributed by atoms with Crippen molar-refractivity contribution in [1.82, 2.24) is 4.98 Å². The number of amides is 2. The normalized spacial score (nSPS) is 16.5. The average molecular weight is 353 g/mol. The molecule has 0 saturated heterocycles. The lowest BCUT2D eigenvalue weighted by Gasteiger charge is -2.23. The van der Waals surface area contributed by atoms with Crippen molar-refractivity contribution < 1.29 is 14.3 Å². The van der Waals surface area contributed by atoms with Gasteiger partial charge in [-0.1, -0.05) is 19.1 Å². The molecule has 0 spiro atoms. The van der Waals surface area contributed by atoms with Crippen LogP contribution in [0.4, 0.5) is 11.4 Å². The van der Waals surface area contributed by atoms with Crippen molar-refractivity contribution in [2.45, 2.75) is 26.2 Å². The second-order valence-corrected chi connectivity index (χ2v) is 6.49. The fraction of sp³-hybridized carbons (Fsp3) is 0.350. The number of rotatable bonds is 5. The van der Waals surface area contributed by atoms with Crippen molar-refractivity contribution >= 4 is 23.2 Å². The molecule has 0 saturated carbocycles. The van der Waals surface area contributed by atoms with Gasteiger partial charge in [-0.3, -0.25) is 14.6 Å². The van der Waals surface area contributed by atoms with E-state index in [-0.39, 0.29) is 17.7 Å². The van der Waals surface area contributed by atoms with E-state index in [9.17, 15) is 9.59 Å². The van der Waals surface area contributed by atoms with Crippen LogP contribution in [0, 0.1) is 5.92 Å². The molecule has 1 aliphatic rings. The Bertz CT molecular complexity index is 789. The van der Waals surface area contributed by atoms with Gasteiger partial charge in [0.25, 0.3) is 0 Å². The number of nitrogens with one attached hydrogen (secondary N) is 1. The van der Waals surface area contributed by atoms with Gasteiger partial charge in [0.2, 0.25) is 11.8 Å². The number of ether oxygens (including phenoxy) is 1. The van der Waals surface area contributed by atoms with Gasteiger partial charge in [0.05, 0.1) is 30.6 Å². The summed E-state index contributed by atoms with van der Waals surface area (Å²) in [5, 5.41) is 2.87. The van der Waals surface area contributed by atoms with Crippen LogP contribution in [-0.2, 0) is 16.0 Å². The second kappa shape index (κ2) is 7.99. The highest BCUT2D eigenvalue weighted by molar-refractivity contribution is 6.04. The molecule has 3 rings (SSSR count). The van der Waals surface area contributed by atoms with Crippen molar-refractivity contribution in [3.8, 4) is 5.75 Å². The lowest BCUT2D eigenvalue weighted by atomic mass is 10.1. The van der Waals surface area contributed by atoms with E-state index in [1.165, 1.54) is 5.56 Å². The molecular formula is C20H23N3O3. The molecule has 136 valence electrons. The minimum Gasteiger partial charge on any atom is -0.497 e. The van der Waals surface area contributed by atoms with Crippen LogP contribution in [0.2, 0.25) is 0 Å². The first-order chi connectivity index (χ1) is 12.6. The maximum absolute atomic E-state index is 12.8. The number of anilines is 2. The summed E-state index contributed by atoms with van der Waals surface area (Å²) in [4.78, 5) is 30.7. The molecule has 1 N–H and O–H groups in total. The Morgan fingerprint density at radius 1 is 1.31 bits per heavy atom. The van der Waals surface area contributed by atoms with E-state index >= 15 is 0 Å². The number of hydrogen-bond donors (Lipinski definition) is 1. The van der Waals surface area contributed by atoms with Gasteiger partial charge in [-0.05, 0) is 36.6 Å². The van der Waals surface area contributed by atoms with E-state index in [4.69, 9.17) is 4.74 Å². The molecule has 0 radical (unpaired) electrons. The number of hydrogen-bond acceptors (Lipinski definition) is 4. The monoisotopic (exact) mass is 353 g/mol. The van der Waals surface area contributed by atoms with Gasteiger partial charge in [-0.2, -0.15) is 0 Å². The molecule has 0 aliphatic carbocycles. The van der Waals surface area contributed by atoms with Crippen LogP contribution < -0.4 is 15.0 Å². The number of carbonyl (C=O) groups is 2. The Kier molecular flexibility index (Phi) is 5.51. The van der Waals surface area contributed by atoms with E-state index < -0.39 is 0 Å². The summed E-state index contributed by atoms with van der Waals surface area (Å²) in [6.07, 6.45) is 5.22. The average Bonchev–Trinajstić information content (AvgIpc) is 2.79. The number of carbonyl (C=O) groups excluding carboxylic acids is 2. The molecule has 1 aliphatic heterocycles. The number of aryl methyl sites for hydroxylation is 1. The van der Waals surface area contributed by atoms with Crippen molar-refractivity contribution in [1.29, 1.82) is 0 Å². The van der Waals surface area contributed by atoms with Crippen molar-refractivity contribution in [3.63, 3.8) is 0 Å². The molecule has 1 unspecified atom stereocenters. The van der Waals surface area contributed by atoms with Crippen LogP contribution in [0.15, 0.2) is 42.7 Å². The molecule has 1 atom stereocenters. The lowest BCUT2D eigenvalue weighted by molar-refractivity contribution is -0.120. The number of aromatic nitrogens is 1. The van der Waals surface area contributed by atoms with Gasteiger partial charge in [0, 0.05) is 19.2 Å². The Morgan fingerprint density at radius 2 is 2.08 bits per heavy atom. The third-order valence-corrected chi connectivity index (χ3v) is 4.57. The lowest BCUT2D eigenvalue weighted by Crippen LogP contribution is -2.35. The fourth-order valence-corrected chi connectivity index (χ4v) is 3.03. The van der Waals surface area contributed by atoms with E-state index in [1.807, 2.05) is 31.2 Å². The Balaban J connectivity index is 1.65. The number of benzene rings is 1. The van der Waals surface area contributed by atoms with Gasteiger partial charge >= 0.3 is 0 Å². The standard InChI is InChI=1S/C20H23N3O3/c1-14-13-23(18-12-21-11-10-17(18)22-20(14)25)19(24)5-3-4-15-6-8-16(26-2)9-7-15/h6-12,14H,3-5,13H2,1-2H3,(H,22,25). The minimum absolute atomic E-state index is 0.0103. The summed E-state index contributed by atoms with van der Waals surface area (Å²) in [6.45, 7) is 2.19. The Morgan fingerprint density at radius 3 is 2.81 bits per heavy atom. The summed E-state index contributed by atoms with van der Waals surface area (Å²) < 4.78 is 5.15. The third kappa shape index (κ3) is 4.02. The van der Waals surface area contributed by atoms with Gasteiger partial charge in [0.1, 0.15) is 5.75 Å². The van der Waals surface area contributed by atoms with Crippen LogP contribution in [0.3, 0.4) is 0 Å². The topological polar surface area (TPSA) is 71.5 Å². The maximum Gasteiger partial charge on any atom is 0.229 e. The fourth-order valence-electron chi connectivity index (χ4n) is 3.03. The zero-order valence-electron chi connectivity index (χ0n) is 15.1. The SMILES string of the molecule is COc1ccc(CCCC(=O)N2CC(C)C(=O)Nc3ccncc32)cc1. The molecule has 6 heteroatoms. The molecule has 2 aromatic rings. The van der Waals surface area contributed by atoms with E-state index in [0.29, 0.717) is 24.3 Å². The summed E-state index contributed by atoms with van der Waals surface area (Å²) in [5.41, 5.74) is 2.47. The third-order valence-electron chi connectivity index (χ3n) is 4.57. The van der Waals surface area contributed by atoms with Crippen LogP contribution in [0.25, 0.3) is 0 Å². The van der Waals surface area contributed by atoms with Crippen LogP contribution in [-0.4, -0.2) is 30.5 Å². The smallest absolute Gasteiger partial charge is 0.229 e. The Hall–Kier alpha value is -2.89. The number of fused-ring (bicyclic) bond motifs is 1. The molecule has 2 heterocycles. The molecule has 6 nitrogen and oxygen atoms in total. The number of methoxy groups -OCH3 is 1. The minimum atomic E-state index is -0.270. The van der Waals surface area contributed by atoms with Crippen molar-refractivity contribution in [2.75, 3.05) is 23.9 Å². The summed E-state index contributed by atoms with van der Waals surface area (Å²) in [7, 11) is 1.64. The van der Waals surface area contributed by atoms with Crippen molar-refractivity contribution in [2.24, 2.45) is 5.92 Å². The largest absolute Gasteiger partial charge is 0.497 e. The quantitative estimate of drug-likeness (QED) is 0.897. The van der Waals surface area contributed by atoms with Gasteiger partial charge < -0.3 is 15.0 Å². The first kappa shape index (κ1) is 17.9. The maximum atomic E-state index is 12.8. The molecule has 0 bridgehead atoms. The zero-order valence-corrected chi connectivity index (χ0v) is 15.1. The Labute approximate surface area is 153 Å². The molecular weight excluding hydrogens is 330 g/mol. The van der Waals surface area contributed by atoms with Gasteiger partial charge in [-0.25, -0.2) is 0 Å². The first-order valence-corrected chi connectivity index (χ1v) is 8.76. The van der Waals surface area contributed by atoms with Crippen LogP contribution >= 0.6 is 0 Å². The highest BCUT2D eigenvalue weighted by atomic mass is 16.5. The summed E-state index contributed by atoms with van der Waals surface area (Å²) in [5.74, 6) is 0.486. The first-order valence-electron chi connectivity index (χ1n) is 8.76. The molecule has 0 fully saturated rings. The van der Waals surface area contributed by atoms with E-state index in [2.05, 4.69) is 10.3 Å². The van der Waals surface area contributed by atoms with Crippen molar-refractivity contribution in [3.05, 3.63) is 48.3 Å². The van der Waals surface area contributed by atoms with Crippen LogP contribution in [0.5, 0.6) is 5.75 Å². The summed E-state index contributed by atoms with van der Waals surface area (Å²) >= 11 is 0. The van der Waals surface area contributed by atoms with Crippen LogP contribution in [0.1, 0.15) is 25.3 Å². The zero-order chi connectivity index (χ0) is 18.5. The number of nitrogens with zero attached hydrogens (tertiary/aromatic N) is 2. The highest BCUT2D eigenvalue weighted by Gasteiger charge is 2.28. The molecule has 2 amide bonds. The molecule has 26 heavy (non-hydrogen) atoms. The predicted molar refractivity (Wildman–Crippen MR) is 100 cm³/mol.